The minimum atomic E-state index is -0.139. The molecule has 1 saturated heterocycles. The van der Waals surface area contributed by atoms with Crippen molar-refractivity contribution < 1.29 is 4.79 Å². The third-order valence-corrected chi connectivity index (χ3v) is 2.43. The summed E-state index contributed by atoms with van der Waals surface area (Å²) >= 11 is 4.95. The van der Waals surface area contributed by atoms with Gasteiger partial charge in [-0.05, 0) is 26.1 Å². The van der Waals surface area contributed by atoms with E-state index in [1.165, 1.54) is 0 Å². The normalized spacial score (nSPS) is 23.4. The van der Waals surface area contributed by atoms with Crippen molar-refractivity contribution in [3.05, 3.63) is 0 Å². The van der Waals surface area contributed by atoms with Crippen LogP contribution in [-0.4, -0.2) is 28.5 Å². The lowest BCUT2D eigenvalue weighted by molar-refractivity contribution is -0.123. The van der Waals surface area contributed by atoms with E-state index in [0.29, 0.717) is 11.5 Å². The van der Waals surface area contributed by atoms with E-state index in [2.05, 4.69) is 5.32 Å². The predicted octanol–water partition coefficient (Wildman–Crippen LogP) is 0.502. The molecular weight excluding hydrogens is 160 g/mol. The van der Waals surface area contributed by atoms with Crippen molar-refractivity contribution >= 4 is 23.2 Å². The summed E-state index contributed by atoms with van der Waals surface area (Å²) in [6.45, 7) is 4.00. The molecule has 0 aromatic rings. The smallest absolute Gasteiger partial charge is 0.228 e. The van der Waals surface area contributed by atoms with Crippen LogP contribution >= 0.6 is 12.2 Å². The Morgan fingerprint density at radius 2 is 2.18 bits per heavy atom. The number of hydrogen-bond donors (Lipinski definition) is 1. The van der Waals surface area contributed by atoms with Crippen LogP contribution < -0.4 is 5.32 Å². The Balaban J connectivity index is 2.83. The highest BCUT2D eigenvalue weighted by molar-refractivity contribution is 7.80. The predicted molar refractivity (Wildman–Crippen MR) is 47.2 cm³/mol. The molecule has 4 heteroatoms. The summed E-state index contributed by atoms with van der Waals surface area (Å²) in [5, 5.41) is 3.12. The van der Waals surface area contributed by atoms with Crippen molar-refractivity contribution in [2.24, 2.45) is 0 Å². The number of rotatable bonds is 0. The summed E-state index contributed by atoms with van der Waals surface area (Å²) in [5.41, 5.74) is -0.139. The summed E-state index contributed by atoms with van der Waals surface area (Å²) in [5.74, 6) is 0.0121. The van der Waals surface area contributed by atoms with Gasteiger partial charge in [0.15, 0.2) is 5.11 Å². The quantitative estimate of drug-likeness (QED) is 0.540. The van der Waals surface area contributed by atoms with Gasteiger partial charge >= 0.3 is 0 Å². The van der Waals surface area contributed by atoms with E-state index >= 15 is 0 Å². The minimum absolute atomic E-state index is 0.0121. The molecule has 0 spiro atoms. The Labute approximate surface area is 71.8 Å². The van der Waals surface area contributed by atoms with Crippen LogP contribution in [0.4, 0.5) is 0 Å². The minimum Gasteiger partial charge on any atom is -0.346 e. The van der Waals surface area contributed by atoms with Crippen LogP contribution in [0.25, 0.3) is 0 Å². The molecule has 0 aliphatic carbocycles. The van der Waals surface area contributed by atoms with Crippen LogP contribution in [0.2, 0.25) is 0 Å². The molecule has 0 radical (unpaired) electrons. The second kappa shape index (κ2) is 2.44. The van der Waals surface area contributed by atoms with Crippen molar-refractivity contribution in [3.8, 4) is 0 Å². The average Bonchev–Trinajstić information content (AvgIpc) is 1.81. The van der Waals surface area contributed by atoms with Crippen molar-refractivity contribution in [3.63, 3.8) is 0 Å². The van der Waals surface area contributed by atoms with Crippen LogP contribution in [-0.2, 0) is 4.79 Å². The largest absolute Gasteiger partial charge is 0.346 e. The molecule has 1 aliphatic heterocycles. The van der Waals surface area contributed by atoms with Gasteiger partial charge in [-0.2, -0.15) is 0 Å². The summed E-state index contributed by atoms with van der Waals surface area (Å²) < 4.78 is 0. The summed E-state index contributed by atoms with van der Waals surface area (Å²) in [6, 6.07) is 0. The van der Waals surface area contributed by atoms with Crippen LogP contribution in [0.3, 0.4) is 0 Å². The van der Waals surface area contributed by atoms with E-state index in [1.807, 2.05) is 25.8 Å². The van der Waals surface area contributed by atoms with Crippen LogP contribution in [0.15, 0.2) is 0 Å². The molecule has 0 unspecified atom stereocenters. The van der Waals surface area contributed by atoms with E-state index in [1.54, 1.807) is 0 Å². The molecule has 1 heterocycles. The Bertz CT molecular complexity index is 212. The summed E-state index contributed by atoms with van der Waals surface area (Å²) in [7, 11) is 1.89. The van der Waals surface area contributed by atoms with Gasteiger partial charge in [-0.25, -0.2) is 0 Å². The molecule has 0 bridgehead atoms. The molecule has 1 amide bonds. The SMILES string of the molecule is CN1C(=S)NC(=O)CC1(C)C. The highest BCUT2D eigenvalue weighted by atomic mass is 32.1. The molecule has 0 atom stereocenters. The number of thiocarbonyl (C=S) groups is 1. The number of nitrogens with one attached hydrogen (secondary N) is 1. The molecule has 11 heavy (non-hydrogen) atoms. The second-order valence-electron chi connectivity index (χ2n) is 3.40. The van der Waals surface area contributed by atoms with Gasteiger partial charge in [0.1, 0.15) is 0 Å². The highest BCUT2D eigenvalue weighted by Crippen LogP contribution is 2.20. The van der Waals surface area contributed by atoms with Gasteiger partial charge in [-0.1, -0.05) is 0 Å². The maximum absolute atomic E-state index is 11.0. The van der Waals surface area contributed by atoms with E-state index in [0.717, 1.165) is 0 Å². The number of hydrogen-bond acceptors (Lipinski definition) is 2. The fraction of sp³-hybridized carbons (Fsp3) is 0.714. The molecule has 62 valence electrons. The number of carbonyl (C=O) groups is 1. The van der Waals surface area contributed by atoms with Gasteiger partial charge in [0, 0.05) is 19.0 Å². The Hall–Kier alpha value is -0.640. The molecule has 1 aliphatic rings. The van der Waals surface area contributed by atoms with Crippen molar-refractivity contribution in [2.75, 3.05) is 7.05 Å². The molecule has 0 aromatic carbocycles. The molecule has 0 aromatic heterocycles. The Morgan fingerprint density at radius 1 is 1.64 bits per heavy atom. The molecule has 0 saturated carbocycles. The zero-order valence-electron chi connectivity index (χ0n) is 6.97. The van der Waals surface area contributed by atoms with Crippen LogP contribution in [0.1, 0.15) is 20.3 Å². The fourth-order valence-corrected chi connectivity index (χ4v) is 1.39. The van der Waals surface area contributed by atoms with E-state index in [-0.39, 0.29) is 11.4 Å². The van der Waals surface area contributed by atoms with Crippen LogP contribution in [0.5, 0.6) is 0 Å². The fourth-order valence-electron chi connectivity index (χ4n) is 1.03. The lowest BCUT2D eigenvalue weighted by Gasteiger charge is -2.40. The van der Waals surface area contributed by atoms with Crippen molar-refractivity contribution in [1.82, 2.24) is 10.2 Å². The number of amides is 1. The Morgan fingerprint density at radius 3 is 2.64 bits per heavy atom. The lowest BCUT2D eigenvalue weighted by Crippen LogP contribution is -2.58. The van der Waals surface area contributed by atoms with E-state index in [9.17, 15) is 4.79 Å². The Kier molecular flexibility index (Phi) is 1.88. The van der Waals surface area contributed by atoms with Gasteiger partial charge < -0.3 is 10.2 Å². The zero-order chi connectivity index (χ0) is 8.65. The standard InChI is InChI=1S/C7H12N2OS/c1-7(2)4-5(10)8-6(11)9(7)3/h4H2,1-3H3,(H,8,10,11). The van der Waals surface area contributed by atoms with E-state index < -0.39 is 0 Å². The lowest BCUT2D eigenvalue weighted by atomic mass is 9.97. The first-order valence-electron chi connectivity index (χ1n) is 3.51. The summed E-state index contributed by atoms with van der Waals surface area (Å²) in [4.78, 5) is 12.9. The first kappa shape index (κ1) is 8.46. The maximum atomic E-state index is 11.0. The van der Waals surface area contributed by atoms with Crippen molar-refractivity contribution in [1.29, 1.82) is 0 Å². The van der Waals surface area contributed by atoms with Gasteiger partial charge in [0.2, 0.25) is 5.91 Å². The highest BCUT2D eigenvalue weighted by Gasteiger charge is 2.33. The number of carbonyl (C=O) groups excluding carboxylic acids is 1. The van der Waals surface area contributed by atoms with Crippen molar-refractivity contribution in [2.45, 2.75) is 25.8 Å². The second-order valence-corrected chi connectivity index (χ2v) is 3.79. The topological polar surface area (TPSA) is 32.3 Å². The molecule has 3 nitrogen and oxygen atoms in total. The first-order valence-corrected chi connectivity index (χ1v) is 3.92. The van der Waals surface area contributed by atoms with E-state index in [4.69, 9.17) is 12.2 Å². The van der Waals surface area contributed by atoms with Gasteiger partial charge in [0.25, 0.3) is 0 Å². The average molecular weight is 172 g/mol. The third kappa shape index (κ3) is 1.50. The zero-order valence-corrected chi connectivity index (χ0v) is 7.79. The number of nitrogens with zero attached hydrogens (tertiary/aromatic N) is 1. The first-order chi connectivity index (χ1) is 4.93. The van der Waals surface area contributed by atoms with Gasteiger partial charge in [0.05, 0.1) is 0 Å². The molecule has 1 N–H and O–H groups in total. The molecule has 1 rings (SSSR count). The maximum Gasteiger partial charge on any atom is 0.228 e. The molecular formula is C7H12N2OS. The summed E-state index contributed by atoms with van der Waals surface area (Å²) in [6.07, 6.45) is 0.504. The van der Waals surface area contributed by atoms with Crippen LogP contribution in [0, 0.1) is 0 Å². The molecule has 1 fully saturated rings. The third-order valence-electron chi connectivity index (χ3n) is 2.05. The van der Waals surface area contributed by atoms with Gasteiger partial charge in [-0.3, -0.25) is 4.79 Å². The van der Waals surface area contributed by atoms with Gasteiger partial charge in [-0.15, -0.1) is 0 Å². The monoisotopic (exact) mass is 172 g/mol.